The topological polar surface area (TPSA) is 180 Å². The molecule has 13 heteroatoms. The molecule has 3 aromatic rings. The van der Waals surface area contributed by atoms with E-state index in [2.05, 4.69) is 29.7 Å². The van der Waals surface area contributed by atoms with Crippen molar-refractivity contribution in [2.75, 3.05) is 18.8 Å². The molecule has 0 amide bonds. The molecule has 0 spiro atoms. The molecule has 1 saturated heterocycles. The fourth-order valence-corrected chi connectivity index (χ4v) is 9.02. The first-order valence-electron chi connectivity index (χ1n) is 8.79. The summed E-state index contributed by atoms with van der Waals surface area (Å²) in [5, 5.41) is 25.7. The molecule has 0 radical (unpaired) electrons. The lowest BCUT2D eigenvalue weighted by molar-refractivity contribution is 0.522. The first-order valence-corrected chi connectivity index (χ1v) is 11.8. The number of nitrogen functional groups attached to an aromatic ring is 1. The second-order valence-electron chi connectivity index (χ2n) is 6.83. The van der Waals surface area contributed by atoms with Crippen LogP contribution in [0.25, 0.3) is 22.5 Å². The van der Waals surface area contributed by atoms with Crippen LogP contribution in [-0.2, 0) is 19.8 Å². The number of nitrogens with zero attached hydrogens (tertiary/aromatic N) is 5. The van der Waals surface area contributed by atoms with Gasteiger partial charge >= 0.3 is 0 Å². The molecule has 11 nitrogen and oxygen atoms in total. The van der Waals surface area contributed by atoms with Crippen molar-refractivity contribution in [1.82, 2.24) is 25.9 Å². The lowest BCUT2D eigenvalue weighted by Crippen LogP contribution is -2.51. The van der Waals surface area contributed by atoms with Gasteiger partial charge in [-0.05, 0) is 22.9 Å². The van der Waals surface area contributed by atoms with Crippen molar-refractivity contribution in [2.45, 2.75) is 15.0 Å². The fourth-order valence-electron chi connectivity index (χ4n) is 3.61. The van der Waals surface area contributed by atoms with Crippen molar-refractivity contribution < 1.29 is 12.6 Å². The molecule has 1 atom stereocenters. The minimum absolute atomic E-state index is 0.00206. The molecule has 152 valence electrons. The zero-order chi connectivity index (χ0) is 21.1. The highest BCUT2D eigenvalue weighted by Gasteiger charge is 2.44. The van der Waals surface area contributed by atoms with Crippen LogP contribution in [0, 0.1) is 11.3 Å². The van der Waals surface area contributed by atoms with E-state index in [9.17, 15) is 17.9 Å². The van der Waals surface area contributed by atoms with Gasteiger partial charge in [0.25, 0.3) is 10.0 Å². The summed E-state index contributed by atoms with van der Waals surface area (Å²) >= 11 is 0. The van der Waals surface area contributed by atoms with Gasteiger partial charge in [0.15, 0.2) is 0 Å². The van der Waals surface area contributed by atoms with E-state index < -0.39 is 25.0 Å². The Morgan fingerprint density at radius 2 is 1.93 bits per heavy atom. The molecular formula is C17H14N8O3S2. The van der Waals surface area contributed by atoms with Crippen LogP contribution < -0.4 is 11.1 Å². The van der Waals surface area contributed by atoms with Gasteiger partial charge in [-0.1, -0.05) is 18.2 Å². The van der Waals surface area contributed by atoms with Gasteiger partial charge in [0.1, 0.15) is 11.0 Å². The number of fused-ring (bicyclic) bond motifs is 1. The maximum absolute atomic E-state index is 13.6. The Morgan fingerprint density at radius 1 is 1.13 bits per heavy atom. The standard InChI is InChI=1S/C17H14N8O3S2/c18-6-9-2-1-3-12(15(9)19)11-4-5-13-16(14(11)17-21-23-24-22-17)30(27,28)25-29(13,26)10-7-20-8-10/h1-5,10,20H,7-8,19H2,(H,21,22,23,24). The first-order chi connectivity index (χ1) is 14.4. The third kappa shape index (κ3) is 2.48. The number of nitrogens with two attached hydrogens (primary N) is 1. The van der Waals surface area contributed by atoms with E-state index in [1.807, 2.05) is 6.07 Å². The summed E-state index contributed by atoms with van der Waals surface area (Å²) in [7, 11) is -7.45. The molecule has 1 fully saturated rings. The molecule has 0 saturated carbocycles. The number of nitriles is 1. The van der Waals surface area contributed by atoms with Gasteiger partial charge in [-0.15, -0.1) is 14.0 Å². The van der Waals surface area contributed by atoms with E-state index in [0.717, 1.165) is 0 Å². The van der Waals surface area contributed by atoms with Crippen molar-refractivity contribution in [2.24, 2.45) is 3.77 Å². The number of aromatic nitrogens is 4. The van der Waals surface area contributed by atoms with E-state index in [-0.39, 0.29) is 32.4 Å². The van der Waals surface area contributed by atoms with E-state index in [1.165, 1.54) is 6.07 Å². The summed E-state index contributed by atoms with van der Waals surface area (Å²) in [5.41, 5.74) is 7.49. The molecule has 1 unspecified atom stereocenters. The second-order valence-corrected chi connectivity index (χ2v) is 11.0. The summed E-state index contributed by atoms with van der Waals surface area (Å²) in [6.07, 6.45) is 0. The molecular weight excluding hydrogens is 428 g/mol. The van der Waals surface area contributed by atoms with Crippen LogP contribution in [0.1, 0.15) is 5.56 Å². The van der Waals surface area contributed by atoms with Gasteiger partial charge in [-0.2, -0.15) is 18.9 Å². The zero-order valence-electron chi connectivity index (χ0n) is 15.2. The summed E-state index contributed by atoms with van der Waals surface area (Å²) in [5.74, 6) is -0.00206. The fraction of sp³-hybridized carbons (Fsp3) is 0.176. The van der Waals surface area contributed by atoms with Gasteiger partial charge in [-0.25, -0.2) is 4.21 Å². The number of anilines is 1. The summed E-state index contributed by atoms with van der Waals surface area (Å²) in [6, 6.07) is 9.98. The summed E-state index contributed by atoms with van der Waals surface area (Å²) in [6.45, 7) is 0.821. The van der Waals surface area contributed by atoms with Crippen LogP contribution in [-0.4, -0.2) is 51.6 Å². The number of H-pyrrole nitrogens is 1. The lowest BCUT2D eigenvalue weighted by atomic mass is 9.96. The number of rotatable bonds is 3. The molecule has 2 aliphatic rings. The Hall–Kier alpha value is -3.34. The van der Waals surface area contributed by atoms with Crippen molar-refractivity contribution in [3.05, 3.63) is 35.9 Å². The van der Waals surface area contributed by atoms with Gasteiger partial charge in [-0.3, -0.25) is 0 Å². The number of para-hydroxylation sites is 1. The monoisotopic (exact) mass is 442 g/mol. The second kappa shape index (κ2) is 6.33. The molecule has 1 aromatic heterocycles. The van der Waals surface area contributed by atoms with Crippen LogP contribution in [0.3, 0.4) is 0 Å². The Kier molecular flexibility index (Phi) is 3.94. The highest BCUT2D eigenvalue weighted by atomic mass is 32.3. The lowest BCUT2D eigenvalue weighted by Gasteiger charge is -2.28. The van der Waals surface area contributed by atoms with E-state index >= 15 is 0 Å². The predicted molar refractivity (Wildman–Crippen MR) is 107 cm³/mol. The van der Waals surface area contributed by atoms with Crippen LogP contribution in [0.15, 0.2) is 43.9 Å². The van der Waals surface area contributed by atoms with E-state index in [4.69, 9.17) is 5.73 Å². The van der Waals surface area contributed by atoms with Crippen LogP contribution >= 0.6 is 0 Å². The Morgan fingerprint density at radius 3 is 2.57 bits per heavy atom. The quantitative estimate of drug-likeness (QED) is 0.486. The molecule has 0 bridgehead atoms. The van der Waals surface area contributed by atoms with Crippen molar-refractivity contribution in [3.8, 4) is 28.6 Å². The highest BCUT2D eigenvalue weighted by molar-refractivity contribution is 8.06. The minimum atomic E-state index is -4.26. The molecule has 5 rings (SSSR count). The molecule has 30 heavy (non-hydrogen) atoms. The third-order valence-corrected chi connectivity index (χ3v) is 10.1. The van der Waals surface area contributed by atoms with Crippen molar-refractivity contribution in [1.29, 1.82) is 5.26 Å². The third-order valence-electron chi connectivity index (χ3n) is 5.19. The van der Waals surface area contributed by atoms with Gasteiger partial charge in [0.2, 0.25) is 5.82 Å². The Bertz CT molecular complexity index is 1460. The Labute approximate surface area is 171 Å². The van der Waals surface area contributed by atoms with Gasteiger partial charge in [0, 0.05) is 18.7 Å². The van der Waals surface area contributed by atoms with Crippen LogP contribution in [0.4, 0.5) is 5.69 Å². The number of nitrogens with one attached hydrogen (secondary N) is 2. The smallest absolute Gasteiger partial charge is 0.292 e. The molecule has 4 N–H and O–H groups in total. The normalized spacial score (nSPS) is 22.0. The number of sulfonamides is 1. The number of hydrogen-bond donors (Lipinski definition) is 3. The van der Waals surface area contributed by atoms with E-state index in [0.29, 0.717) is 24.2 Å². The molecule has 3 heterocycles. The molecule has 2 aliphatic heterocycles. The number of aromatic amines is 1. The Balaban J connectivity index is 1.88. The van der Waals surface area contributed by atoms with Crippen molar-refractivity contribution in [3.63, 3.8) is 0 Å². The maximum atomic E-state index is 13.6. The first kappa shape index (κ1) is 18.7. The largest absolute Gasteiger partial charge is 0.397 e. The zero-order valence-corrected chi connectivity index (χ0v) is 16.9. The minimum Gasteiger partial charge on any atom is -0.397 e. The molecule has 2 aromatic carbocycles. The number of tetrazole rings is 1. The van der Waals surface area contributed by atoms with Crippen molar-refractivity contribution >= 4 is 25.4 Å². The van der Waals surface area contributed by atoms with Crippen LogP contribution in [0.5, 0.6) is 0 Å². The van der Waals surface area contributed by atoms with Gasteiger partial charge < -0.3 is 11.1 Å². The predicted octanol–water partition coefficient (Wildman–Crippen LogP) is 0.489. The van der Waals surface area contributed by atoms with Gasteiger partial charge in [0.05, 0.1) is 36.7 Å². The average Bonchev–Trinajstić information content (AvgIpc) is 3.25. The SMILES string of the molecule is N#Cc1cccc(-c2ccc3c(c2-c2nn[nH]n2)S(=O)(=O)N=S3(=O)C2CNC2)c1N. The highest BCUT2D eigenvalue weighted by Crippen LogP contribution is 2.46. The maximum Gasteiger partial charge on any atom is 0.292 e. The molecule has 0 aliphatic carbocycles. The van der Waals surface area contributed by atoms with Crippen LogP contribution in [0.2, 0.25) is 0 Å². The van der Waals surface area contributed by atoms with E-state index in [1.54, 1.807) is 24.3 Å². The summed E-state index contributed by atoms with van der Waals surface area (Å²) in [4.78, 5) is -0.0763. The number of benzene rings is 2. The summed E-state index contributed by atoms with van der Waals surface area (Å²) < 4.78 is 43.6. The number of hydrogen-bond acceptors (Lipinski definition) is 9. The average molecular weight is 442 g/mol.